The molecule has 0 aliphatic heterocycles. The summed E-state index contributed by atoms with van der Waals surface area (Å²) >= 11 is 6.06. The van der Waals surface area contributed by atoms with Crippen LogP contribution < -0.4 is 5.73 Å². The van der Waals surface area contributed by atoms with Crippen LogP contribution in [0.2, 0.25) is 5.02 Å². The van der Waals surface area contributed by atoms with Crippen molar-refractivity contribution in [1.29, 1.82) is 0 Å². The van der Waals surface area contributed by atoms with Gasteiger partial charge in [-0.3, -0.25) is 4.21 Å². The molecule has 0 aliphatic rings. The molecule has 0 heterocycles. The highest BCUT2D eigenvalue weighted by atomic mass is 35.5. The molecule has 0 spiro atoms. The van der Waals surface area contributed by atoms with Crippen LogP contribution >= 0.6 is 11.6 Å². The number of rotatable bonds is 10. The van der Waals surface area contributed by atoms with E-state index in [1.807, 2.05) is 0 Å². The number of unbranched alkanes of at least 4 members (excludes halogenated alkanes) is 7. The maximum absolute atomic E-state index is 12.1. The van der Waals surface area contributed by atoms with Crippen molar-refractivity contribution in [3.05, 3.63) is 23.2 Å². The van der Waals surface area contributed by atoms with Crippen LogP contribution in [0.3, 0.4) is 0 Å². The van der Waals surface area contributed by atoms with E-state index < -0.39 is 10.8 Å². The Morgan fingerprint density at radius 1 is 1.05 bits per heavy atom. The minimum Gasteiger partial charge on any atom is -0.399 e. The molecule has 1 aromatic carbocycles. The maximum Gasteiger partial charge on any atom is 0.0587 e. The van der Waals surface area contributed by atoms with Crippen LogP contribution in [-0.2, 0) is 10.8 Å². The van der Waals surface area contributed by atoms with E-state index in [9.17, 15) is 4.21 Å². The molecular formula is C16H26ClNOS. The molecular weight excluding hydrogens is 290 g/mol. The van der Waals surface area contributed by atoms with E-state index in [-0.39, 0.29) is 0 Å². The smallest absolute Gasteiger partial charge is 0.0587 e. The highest BCUT2D eigenvalue weighted by Gasteiger charge is 2.08. The first-order valence-electron chi connectivity index (χ1n) is 7.58. The van der Waals surface area contributed by atoms with E-state index in [0.717, 1.165) is 12.8 Å². The van der Waals surface area contributed by atoms with Gasteiger partial charge in [0.05, 0.1) is 20.7 Å². The average Bonchev–Trinajstić information content (AvgIpc) is 2.41. The van der Waals surface area contributed by atoms with Gasteiger partial charge in [-0.2, -0.15) is 0 Å². The number of hydrogen-bond donors (Lipinski definition) is 1. The Morgan fingerprint density at radius 3 is 2.25 bits per heavy atom. The second-order valence-corrected chi connectivity index (χ2v) is 7.16. The monoisotopic (exact) mass is 315 g/mol. The molecule has 0 fully saturated rings. The first-order valence-corrected chi connectivity index (χ1v) is 9.28. The third-order valence-corrected chi connectivity index (χ3v) is 5.32. The van der Waals surface area contributed by atoms with E-state index >= 15 is 0 Å². The Labute approximate surface area is 130 Å². The Morgan fingerprint density at radius 2 is 1.65 bits per heavy atom. The van der Waals surface area contributed by atoms with Crippen LogP contribution in [0, 0.1) is 0 Å². The first-order chi connectivity index (χ1) is 9.65. The van der Waals surface area contributed by atoms with Crippen molar-refractivity contribution >= 4 is 28.1 Å². The Balaban J connectivity index is 2.17. The lowest BCUT2D eigenvalue weighted by atomic mass is 10.1. The van der Waals surface area contributed by atoms with Gasteiger partial charge in [-0.15, -0.1) is 0 Å². The molecule has 0 aromatic heterocycles. The van der Waals surface area contributed by atoms with Crippen molar-refractivity contribution in [2.45, 2.75) is 63.2 Å². The van der Waals surface area contributed by atoms with Gasteiger partial charge in [0.15, 0.2) is 0 Å². The van der Waals surface area contributed by atoms with Crippen molar-refractivity contribution < 1.29 is 4.21 Å². The third-order valence-electron chi connectivity index (χ3n) is 3.38. The number of halogens is 1. The molecule has 0 saturated carbocycles. The summed E-state index contributed by atoms with van der Waals surface area (Å²) in [6, 6.07) is 5.20. The topological polar surface area (TPSA) is 43.1 Å². The van der Waals surface area contributed by atoms with Crippen molar-refractivity contribution in [2.75, 3.05) is 11.5 Å². The minimum atomic E-state index is -1.00. The van der Waals surface area contributed by atoms with Crippen LogP contribution in [0.1, 0.15) is 58.3 Å². The second-order valence-electron chi connectivity index (χ2n) is 5.21. The summed E-state index contributed by atoms with van der Waals surface area (Å²) in [6.45, 7) is 2.23. The van der Waals surface area contributed by atoms with Crippen LogP contribution in [0.25, 0.3) is 0 Å². The summed E-state index contributed by atoms with van der Waals surface area (Å²) in [5.74, 6) is 0.693. The van der Waals surface area contributed by atoms with E-state index in [0.29, 0.717) is 21.4 Å². The fraction of sp³-hybridized carbons (Fsp3) is 0.625. The standard InChI is InChI=1S/C16H26ClNOS/c1-2-3-4-5-6-7-8-9-12-20(19)16-11-10-14(18)13-15(16)17/h10-11,13H,2-9,12,18H2,1H3. The van der Waals surface area contributed by atoms with Gasteiger partial charge in [0, 0.05) is 11.4 Å². The van der Waals surface area contributed by atoms with E-state index in [4.69, 9.17) is 17.3 Å². The lowest BCUT2D eigenvalue weighted by Crippen LogP contribution is -2.00. The summed E-state index contributed by atoms with van der Waals surface area (Å²) in [5.41, 5.74) is 6.25. The van der Waals surface area contributed by atoms with Crippen LogP contribution in [0.5, 0.6) is 0 Å². The summed E-state index contributed by atoms with van der Waals surface area (Å²) < 4.78 is 12.1. The molecule has 114 valence electrons. The molecule has 1 aromatic rings. The maximum atomic E-state index is 12.1. The average molecular weight is 316 g/mol. The summed E-state index contributed by atoms with van der Waals surface area (Å²) in [5, 5.41) is 0.517. The zero-order chi connectivity index (χ0) is 14.8. The predicted molar refractivity (Wildman–Crippen MR) is 89.7 cm³/mol. The Kier molecular flexibility index (Phi) is 8.95. The van der Waals surface area contributed by atoms with Gasteiger partial charge in [-0.05, 0) is 24.6 Å². The number of hydrogen-bond acceptors (Lipinski definition) is 2. The molecule has 0 radical (unpaired) electrons. The molecule has 1 rings (SSSR count). The number of nitrogen functional groups attached to an aromatic ring is 1. The molecule has 0 amide bonds. The van der Waals surface area contributed by atoms with Gasteiger partial charge < -0.3 is 5.73 Å². The van der Waals surface area contributed by atoms with Crippen LogP contribution in [0.4, 0.5) is 5.69 Å². The second kappa shape index (κ2) is 10.2. The van der Waals surface area contributed by atoms with Gasteiger partial charge in [0.2, 0.25) is 0 Å². The van der Waals surface area contributed by atoms with Gasteiger partial charge in [0.1, 0.15) is 0 Å². The van der Waals surface area contributed by atoms with E-state index in [1.165, 1.54) is 38.5 Å². The lowest BCUT2D eigenvalue weighted by Gasteiger charge is -2.06. The summed E-state index contributed by atoms with van der Waals surface area (Å²) in [7, 11) is -1.00. The molecule has 1 unspecified atom stereocenters. The molecule has 20 heavy (non-hydrogen) atoms. The zero-order valence-electron chi connectivity index (χ0n) is 12.4. The van der Waals surface area contributed by atoms with E-state index in [1.54, 1.807) is 18.2 Å². The SMILES string of the molecule is CCCCCCCCCCS(=O)c1ccc(N)cc1Cl. The molecule has 0 saturated heterocycles. The predicted octanol–water partition coefficient (Wildman–Crippen LogP) is 5.17. The fourth-order valence-electron chi connectivity index (χ4n) is 2.18. The molecule has 4 heteroatoms. The van der Waals surface area contributed by atoms with Crippen molar-refractivity contribution in [3.63, 3.8) is 0 Å². The minimum absolute atomic E-state index is 0.517. The molecule has 1 atom stereocenters. The number of nitrogens with two attached hydrogens (primary N) is 1. The lowest BCUT2D eigenvalue weighted by molar-refractivity contribution is 0.584. The van der Waals surface area contributed by atoms with Gasteiger partial charge in [-0.1, -0.05) is 63.5 Å². The van der Waals surface area contributed by atoms with Crippen LogP contribution in [0.15, 0.2) is 23.1 Å². The molecule has 2 nitrogen and oxygen atoms in total. The Bertz CT molecular complexity index is 423. The molecule has 0 aliphatic carbocycles. The fourth-order valence-corrected chi connectivity index (χ4v) is 3.81. The Hall–Kier alpha value is -0.540. The number of benzene rings is 1. The summed E-state index contributed by atoms with van der Waals surface area (Å²) in [6.07, 6.45) is 10.0. The largest absolute Gasteiger partial charge is 0.399 e. The van der Waals surface area contributed by atoms with Crippen LogP contribution in [-0.4, -0.2) is 9.96 Å². The van der Waals surface area contributed by atoms with Gasteiger partial charge >= 0.3 is 0 Å². The molecule has 0 bridgehead atoms. The quantitative estimate of drug-likeness (QED) is 0.478. The highest BCUT2D eigenvalue weighted by molar-refractivity contribution is 7.85. The van der Waals surface area contributed by atoms with Crippen molar-refractivity contribution in [1.82, 2.24) is 0 Å². The van der Waals surface area contributed by atoms with E-state index in [2.05, 4.69) is 6.92 Å². The summed E-state index contributed by atoms with van der Waals surface area (Å²) in [4.78, 5) is 0.712. The molecule has 2 N–H and O–H groups in total. The van der Waals surface area contributed by atoms with Gasteiger partial charge in [-0.25, -0.2) is 0 Å². The van der Waals surface area contributed by atoms with Crippen molar-refractivity contribution in [2.24, 2.45) is 0 Å². The van der Waals surface area contributed by atoms with Gasteiger partial charge in [0.25, 0.3) is 0 Å². The normalized spacial score (nSPS) is 12.5. The first kappa shape index (κ1) is 17.5. The third kappa shape index (κ3) is 6.76. The number of anilines is 1. The van der Waals surface area contributed by atoms with Crippen molar-refractivity contribution in [3.8, 4) is 0 Å². The zero-order valence-corrected chi connectivity index (χ0v) is 13.9. The highest BCUT2D eigenvalue weighted by Crippen LogP contribution is 2.23.